The van der Waals surface area contributed by atoms with Gasteiger partial charge in [-0.3, -0.25) is 4.68 Å². The van der Waals surface area contributed by atoms with Crippen molar-refractivity contribution < 1.29 is 4.39 Å². The lowest BCUT2D eigenvalue weighted by molar-refractivity contribution is 0.488. The third-order valence-electron chi connectivity index (χ3n) is 3.54. The summed E-state index contributed by atoms with van der Waals surface area (Å²) in [6, 6.07) is 7.26. The van der Waals surface area contributed by atoms with Gasteiger partial charge in [-0.2, -0.15) is 5.10 Å². The van der Waals surface area contributed by atoms with Crippen LogP contribution < -0.4 is 5.32 Å². The topological polar surface area (TPSA) is 29.9 Å². The fourth-order valence-corrected chi connectivity index (χ4v) is 2.90. The van der Waals surface area contributed by atoms with Gasteiger partial charge in [0.05, 0.1) is 0 Å². The van der Waals surface area contributed by atoms with Crippen molar-refractivity contribution in [3.63, 3.8) is 0 Å². The van der Waals surface area contributed by atoms with Gasteiger partial charge in [-0.1, -0.05) is 22.9 Å². The summed E-state index contributed by atoms with van der Waals surface area (Å²) in [5.41, 5.74) is 2.17. The smallest absolute Gasteiger partial charge is 0.124 e. The lowest BCUT2D eigenvalue weighted by Crippen LogP contribution is -2.23. The minimum absolute atomic E-state index is 0.145. The molecule has 0 saturated carbocycles. The number of halogens is 2. The normalized spacial score (nSPS) is 12.6. The van der Waals surface area contributed by atoms with Crippen molar-refractivity contribution in [2.75, 3.05) is 6.54 Å². The van der Waals surface area contributed by atoms with Gasteiger partial charge in [-0.15, -0.1) is 0 Å². The molecule has 2 rings (SSSR count). The third-order valence-corrected chi connectivity index (χ3v) is 4.00. The van der Waals surface area contributed by atoms with Gasteiger partial charge in [0.2, 0.25) is 0 Å². The largest absolute Gasteiger partial charge is 0.310 e. The molecule has 3 nitrogen and oxygen atoms in total. The monoisotopic (exact) mass is 353 g/mol. The minimum atomic E-state index is -0.205. The van der Waals surface area contributed by atoms with Crippen LogP contribution in [0, 0.1) is 5.82 Å². The zero-order valence-corrected chi connectivity index (χ0v) is 14.0. The third kappa shape index (κ3) is 4.64. The number of nitrogens with zero attached hydrogens (tertiary/aromatic N) is 2. The van der Waals surface area contributed by atoms with Gasteiger partial charge in [-0.05, 0) is 55.6 Å². The maximum Gasteiger partial charge on any atom is 0.124 e. The SMILES string of the molecule is CCCNC(CCc1ccnn1C)c1cc(F)cc(Br)c1. The Balaban J connectivity index is 2.11. The molecule has 1 unspecified atom stereocenters. The first kappa shape index (κ1) is 16.2. The van der Waals surface area contributed by atoms with E-state index in [0.29, 0.717) is 0 Å². The summed E-state index contributed by atoms with van der Waals surface area (Å²) in [4.78, 5) is 0. The lowest BCUT2D eigenvalue weighted by Gasteiger charge is -2.19. The van der Waals surface area contributed by atoms with E-state index in [0.717, 1.165) is 35.8 Å². The van der Waals surface area contributed by atoms with E-state index in [-0.39, 0.29) is 11.9 Å². The lowest BCUT2D eigenvalue weighted by atomic mass is 10.0. The van der Waals surface area contributed by atoms with Crippen LogP contribution in [-0.2, 0) is 13.5 Å². The number of benzene rings is 1. The van der Waals surface area contributed by atoms with Crippen LogP contribution in [0.3, 0.4) is 0 Å². The fraction of sp³-hybridized carbons (Fsp3) is 0.438. The highest BCUT2D eigenvalue weighted by Gasteiger charge is 2.13. The summed E-state index contributed by atoms with van der Waals surface area (Å²) in [6.07, 6.45) is 4.68. The Morgan fingerprint density at radius 2 is 2.19 bits per heavy atom. The van der Waals surface area contributed by atoms with E-state index < -0.39 is 0 Å². The van der Waals surface area contributed by atoms with E-state index in [4.69, 9.17) is 0 Å². The van der Waals surface area contributed by atoms with E-state index >= 15 is 0 Å². The predicted molar refractivity (Wildman–Crippen MR) is 86.7 cm³/mol. The van der Waals surface area contributed by atoms with Crippen LogP contribution in [0.25, 0.3) is 0 Å². The molecule has 1 aromatic carbocycles. The van der Waals surface area contributed by atoms with Crippen LogP contribution >= 0.6 is 15.9 Å². The second-order valence-electron chi connectivity index (χ2n) is 5.19. The van der Waals surface area contributed by atoms with Crippen molar-refractivity contribution in [3.05, 3.63) is 52.0 Å². The van der Waals surface area contributed by atoms with Crippen molar-refractivity contribution in [1.82, 2.24) is 15.1 Å². The molecule has 0 amide bonds. The molecule has 21 heavy (non-hydrogen) atoms. The van der Waals surface area contributed by atoms with E-state index in [1.165, 1.54) is 11.8 Å². The molecule has 0 aliphatic rings. The molecule has 0 aliphatic heterocycles. The highest BCUT2D eigenvalue weighted by Crippen LogP contribution is 2.24. The van der Waals surface area contributed by atoms with Gasteiger partial charge in [0.1, 0.15) is 5.82 Å². The summed E-state index contributed by atoms with van der Waals surface area (Å²) in [5, 5.41) is 7.69. The van der Waals surface area contributed by atoms with Crippen molar-refractivity contribution in [1.29, 1.82) is 0 Å². The molecule has 0 spiro atoms. The molecule has 114 valence electrons. The number of aryl methyl sites for hydroxylation is 2. The van der Waals surface area contributed by atoms with Gasteiger partial charge in [0, 0.05) is 29.5 Å². The molecule has 0 aliphatic carbocycles. The first-order valence-electron chi connectivity index (χ1n) is 7.26. The fourth-order valence-electron chi connectivity index (χ4n) is 2.42. The molecule has 1 N–H and O–H groups in total. The molecular formula is C16H21BrFN3. The van der Waals surface area contributed by atoms with Gasteiger partial charge < -0.3 is 5.32 Å². The van der Waals surface area contributed by atoms with Crippen LogP contribution in [0.4, 0.5) is 4.39 Å². The zero-order valence-electron chi connectivity index (χ0n) is 12.4. The Labute approximate surface area is 133 Å². The number of aromatic nitrogens is 2. The molecule has 0 fully saturated rings. The maximum atomic E-state index is 13.6. The Kier molecular flexibility index (Phi) is 5.94. The molecule has 0 bridgehead atoms. The molecule has 1 heterocycles. The Morgan fingerprint density at radius 3 is 2.81 bits per heavy atom. The van der Waals surface area contributed by atoms with Crippen molar-refractivity contribution in [3.8, 4) is 0 Å². The quantitative estimate of drug-likeness (QED) is 0.815. The standard InChI is InChI=1S/C16H21BrFN3/c1-3-7-19-16(5-4-15-6-8-20-21(15)2)12-9-13(17)11-14(18)10-12/h6,8-11,16,19H,3-5,7H2,1-2H3. The number of hydrogen-bond acceptors (Lipinski definition) is 2. The van der Waals surface area contributed by atoms with Crippen LogP contribution in [0.15, 0.2) is 34.9 Å². The van der Waals surface area contributed by atoms with Crippen molar-refractivity contribution in [2.45, 2.75) is 32.2 Å². The first-order valence-corrected chi connectivity index (χ1v) is 8.05. The van der Waals surface area contributed by atoms with Crippen LogP contribution in [0.2, 0.25) is 0 Å². The maximum absolute atomic E-state index is 13.6. The van der Waals surface area contributed by atoms with E-state index in [1.807, 2.05) is 30.1 Å². The molecule has 0 radical (unpaired) electrons. The van der Waals surface area contributed by atoms with Crippen LogP contribution in [-0.4, -0.2) is 16.3 Å². The minimum Gasteiger partial charge on any atom is -0.310 e. The summed E-state index contributed by atoms with van der Waals surface area (Å²) in [6.45, 7) is 3.05. The van der Waals surface area contributed by atoms with E-state index in [1.54, 1.807) is 6.07 Å². The average molecular weight is 354 g/mol. The number of nitrogens with one attached hydrogen (secondary N) is 1. The molecule has 0 saturated heterocycles. The Morgan fingerprint density at radius 1 is 1.38 bits per heavy atom. The van der Waals surface area contributed by atoms with E-state index in [2.05, 4.69) is 33.3 Å². The summed E-state index contributed by atoms with van der Waals surface area (Å²) >= 11 is 3.37. The summed E-state index contributed by atoms with van der Waals surface area (Å²) in [7, 11) is 1.95. The summed E-state index contributed by atoms with van der Waals surface area (Å²) in [5.74, 6) is -0.205. The molecule has 1 aromatic heterocycles. The molecular weight excluding hydrogens is 333 g/mol. The van der Waals surface area contributed by atoms with Crippen LogP contribution in [0.5, 0.6) is 0 Å². The van der Waals surface area contributed by atoms with Gasteiger partial charge in [0.15, 0.2) is 0 Å². The van der Waals surface area contributed by atoms with Gasteiger partial charge >= 0.3 is 0 Å². The molecule has 5 heteroatoms. The van der Waals surface area contributed by atoms with Crippen LogP contribution in [0.1, 0.15) is 37.1 Å². The summed E-state index contributed by atoms with van der Waals surface area (Å²) < 4.78 is 16.3. The molecule has 1 atom stereocenters. The zero-order chi connectivity index (χ0) is 15.2. The molecule has 2 aromatic rings. The van der Waals surface area contributed by atoms with Gasteiger partial charge in [0.25, 0.3) is 0 Å². The van der Waals surface area contributed by atoms with Crippen molar-refractivity contribution >= 4 is 15.9 Å². The average Bonchev–Trinajstić information content (AvgIpc) is 2.83. The van der Waals surface area contributed by atoms with Gasteiger partial charge in [-0.25, -0.2) is 4.39 Å². The number of rotatable bonds is 7. The number of hydrogen-bond donors (Lipinski definition) is 1. The van der Waals surface area contributed by atoms with E-state index in [9.17, 15) is 4.39 Å². The van der Waals surface area contributed by atoms with Crippen molar-refractivity contribution in [2.24, 2.45) is 7.05 Å². The highest BCUT2D eigenvalue weighted by molar-refractivity contribution is 9.10. The second-order valence-corrected chi connectivity index (χ2v) is 6.11. The Hall–Kier alpha value is -1.20. The Bertz CT molecular complexity index is 562. The predicted octanol–water partition coefficient (Wildman–Crippen LogP) is 4.00. The highest BCUT2D eigenvalue weighted by atomic mass is 79.9. The first-order chi connectivity index (χ1) is 10.1. The second kappa shape index (κ2) is 7.71.